The molecule has 0 bridgehead atoms. The SMILES string of the molecule is O=C(Nc1c(F)cc(F)cc1Cl)c1cc(O)cc(O)c1. The maximum atomic E-state index is 13.5. The number of halogens is 3. The summed E-state index contributed by atoms with van der Waals surface area (Å²) in [5.74, 6) is -3.39. The number of rotatable bonds is 2. The number of anilines is 1. The number of nitrogens with one attached hydrogen (secondary N) is 1. The van der Waals surface area contributed by atoms with Crippen LogP contribution in [0.1, 0.15) is 10.4 Å². The van der Waals surface area contributed by atoms with Gasteiger partial charge in [-0.15, -0.1) is 0 Å². The van der Waals surface area contributed by atoms with Crippen molar-refractivity contribution in [3.63, 3.8) is 0 Å². The number of hydrogen-bond acceptors (Lipinski definition) is 3. The van der Waals surface area contributed by atoms with Crippen LogP contribution in [0.4, 0.5) is 14.5 Å². The van der Waals surface area contributed by atoms with Gasteiger partial charge in [-0.3, -0.25) is 4.79 Å². The van der Waals surface area contributed by atoms with E-state index in [4.69, 9.17) is 11.6 Å². The first-order valence-electron chi connectivity index (χ1n) is 5.36. The summed E-state index contributed by atoms with van der Waals surface area (Å²) in [5.41, 5.74) is -0.497. The fourth-order valence-electron chi connectivity index (χ4n) is 1.57. The van der Waals surface area contributed by atoms with Crippen molar-refractivity contribution in [3.8, 4) is 11.5 Å². The third kappa shape index (κ3) is 2.97. The molecule has 3 N–H and O–H groups in total. The van der Waals surface area contributed by atoms with Gasteiger partial charge in [0.15, 0.2) is 5.82 Å². The average Bonchev–Trinajstić information content (AvgIpc) is 2.32. The largest absolute Gasteiger partial charge is 0.508 e. The second-order valence-corrected chi connectivity index (χ2v) is 4.34. The van der Waals surface area contributed by atoms with Gasteiger partial charge in [0.1, 0.15) is 17.3 Å². The molecule has 104 valence electrons. The standard InChI is InChI=1S/C13H8ClF2NO3/c14-10-3-7(15)4-11(16)12(10)17-13(20)6-1-8(18)5-9(19)2-6/h1-5,18-19H,(H,17,20). The summed E-state index contributed by atoms with van der Waals surface area (Å²) >= 11 is 5.64. The fraction of sp³-hybridized carbons (Fsp3) is 0. The first kappa shape index (κ1) is 14.1. The smallest absolute Gasteiger partial charge is 0.256 e. The molecular formula is C13H8ClF2NO3. The van der Waals surface area contributed by atoms with Crippen LogP contribution in [0.3, 0.4) is 0 Å². The quantitative estimate of drug-likeness (QED) is 0.797. The van der Waals surface area contributed by atoms with Crippen molar-refractivity contribution in [2.24, 2.45) is 0 Å². The zero-order chi connectivity index (χ0) is 14.9. The number of aromatic hydroxyl groups is 2. The van der Waals surface area contributed by atoms with Gasteiger partial charge in [-0.05, 0) is 18.2 Å². The van der Waals surface area contributed by atoms with Gasteiger partial charge in [0, 0.05) is 17.7 Å². The molecule has 0 aliphatic carbocycles. The molecule has 2 aromatic carbocycles. The van der Waals surface area contributed by atoms with Gasteiger partial charge < -0.3 is 15.5 Å². The molecular weight excluding hydrogens is 292 g/mol. The summed E-state index contributed by atoms with van der Waals surface area (Å²) < 4.78 is 26.4. The Morgan fingerprint density at radius 2 is 1.65 bits per heavy atom. The maximum Gasteiger partial charge on any atom is 0.256 e. The number of carbonyl (C=O) groups excluding carboxylic acids is 1. The Kier molecular flexibility index (Phi) is 3.76. The number of amides is 1. The third-order valence-electron chi connectivity index (χ3n) is 2.41. The van der Waals surface area contributed by atoms with E-state index in [2.05, 4.69) is 5.32 Å². The number of carbonyl (C=O) groups is 1. The minimum Gasteiger partial charge on any atom is -0.508 e. The van der Waals surface area contributed by atoms with Gasteiger partial charge in [-0.25, -0.2) is 8.78 Å². The molecule has 0 atom stereocenters. The molecule has 0 heterocycles. The molecule has 0 unspecified atom stereocenters. The van der Waals surface area contributed by atoms with E-state index in [1.165, 1.54) is 0 Å². The Labute approximate surface area is 117 Å². The summed E-state index contributed by atoms with van der Waals surface area (Å²) in [6, 6.07) is 4.60. The van der Waals surface area contributed by atoms with Crippen molar-refractivity contribution in [2.75, 3.05) is 5.32 Å². The number of benzene rings is 2. The summed E-state index contributed by atoms with van der Waals surface area (Å²) in [4.78, 5) is 11.9. The molecule has 4 nitrogen and oxygen atoms in total. The van der Waals surface area contributed by atoms with Gasteiger partial charge in [-0.1, -0.05) is 11.6 Å². The lowest BCUT2D eigenvalue weighted by Crippen LogP contribution is -2.13. The minimum absolute atomic E-state index is 0.109. The van der Waals surface area contributed by atoms with E-state index in [0.29, 0.717) is 6.07 Å². The molecule has 0 aromatic heterocycles. The normalized spacial score (nSPS) is 10.3. The highest BCUT2D eigenvalue weighted by molar-refractivity contribution is 6.34. The van der Waals surface area contributed by atoms with Crippen LogP contribution in [-0.2, 0) is 0 Å². The van der Waals surface area contributed by atoms with E-state index in [0.717, 1.165) is 24.3 Å². The van der Waals surface area contributed by atoms with Crippen molar-refractivity contribution in [1.29, 1.82) is 0 Å². The Balaban J connectivity index is 2.32. The molecule has 20 heavy (non-hydrogen) atoms. The van der Waals surface area contributed by atoms with Crippen LogP contribution < -0.4 is 5.32 Å². The van der Waals surface area contributed by atoms with Gasteiger partial charge in [0.05, 0.1) is 10.7 Å². The van der Waals surface area contributed by atoms with Gasteiger partial charge in [-0.2, -0.15) is 0 Å². The van der Waals surface area contributed by atoms with Crippen molar-refractivity contribution >= 4 is 23.2 Å². The van der Waals surface area contributed by atoms with Crippen LogP contribution in [-0.4, -0.2) is 16.1 Å². The van der Waals surface area contributed by atoms with Gasteiger partial charge >= 0.3 is 0 Å². The van der Waals surface area contributed by atoms with E-state index < -0.39 is 17.5 Å². The van der Waals surface area contributed by atoms with E-state index in [1.807, 2.05) is 0 Å². The van der Waals surface area contributed by atoms with Crippen LogP contribution in [0.25, 0.3) is 0 Å². The summed E-state index contributed by atoms with van der Waals surface area (Å²) in [7, 11) is 0. The zero-order valence-corrected chi connectivity index (χ0v) is 10.6. The summed E-state index contributed by atoms with van der Waals surface area (Å²) in [6.07, 6.45) is 0. The first-order chi connectivity index (χ1) is 9.36. The van der Waals surface area contributed by atoms with E-state index >= 15 is 0 Å². The highest BCUT2D eigenvalue weighted by Crippen LogP contribution is 2.28. The molecule has 0 fully saturated rings. The Bertz CT molecular complexity index is 648. The highest BCUT2D eigenvalue weighted by Gasteiger charge is 2.15. The molecule has 0 aliphatic rings. The van der Waals surface area contributed by atoms with Crippen LogP contribution in [0.5, 0.6) is 11.5 Å². The van der Waals surface area contributed by atoms with E-state index in [-0.39, 0.29) is 27.8 Å². The second kappa shape index (κ2) is 5.34. The lowest BCUT2D eigenvalue weighted by Gasteiger charge is -2.09. The number of phenols is 2. The fourth-order valence-corrected chi connectivity index (χ4v) is 1.82. The van der Waals surface area contributed by atoms with Gasteiger partial charge in [0.2, 0.25) is 0 Å². The summed E-state index contributed by atoms with van der Waals surface area (Å²) in [6.45, 7) is 0. The predicted molar refractivity (Wildman–Crippen MR) is 69.1 cm³/mol. The third-order valence-corrected chi connectivity index (χ3v) is 2.71. The van der Waals surface area contributed by atoms with Crippen molar-refractivity contribution in [3.05, 3.63) is 52.6 Å². The topological polar surface area (TPSA) is 69.6 Å². The van der Waals surface area contributed by atoms with E-state index in [9.17, 15) is 23.8 Å². The Hall–Kier alpha value is -2.34. The van der Waals surface area contributed by atoms with Crippen LogP contribution >= 0.6 is 11.6 Å². The molecule has 0 saturated heterocycles. The second-order valence-electron chi connectivity index (χ2n) is 3.94. The van der Waals surface area contributed by atoms with E-state index in [1.54, 1.807) is 0 Å². The monoisotopic (exact) mass is 299 g/mol. The van der Waals surface area contributed by atoms with Gasteiger partial charge in [0.25, 0.3) is 5.91 Å². The molecule has 0 aliphatic heterocycles. The molecule has 0 spiro atoms. The van der Waals surface area contributed by atoms with Crippen molar-refractivity contribution < 1.29 is 23.8 Å². The predicted octanol–water partition coefficient (Wildman–Crippen LogP) is 3.28. The molecule has 2 aromatic rings. The van der Waals surface area contributed by atoms with Crippen LogP contribution in [0, 0.1) is 11.6 Å². The summed E-state index contributed by atoms with van der Waals surface area (Å²) in [5, 5.41) is 20.4. The number of hydrogen-bond donors (Lipinski definition) is 3. The molecule has 7 heteroatoms. The average molecular weight is 300 g/mol. The molecule has 1 amide bonds. The lowest BCUT2D eigenvalue weighted by molar-refractivity contribution is 0.102. The Morgan fingerprint density at radius 3 is 2.20 bits per heavy atom. The Morgan fingerprint density at radius 1 is 1.05 bits per heavy atom. The molecule has 0 radical (unpaired) electrons. The molecule has 0 saturated carbocycles. The van der Waals surface area contributed by atoms with Crippen LogP contribution in [0.15, 0.2) is 30.3 Å². The number of phenolic OH excluding ortho intramolecular Hbond substituents is 2. The lowest BCUT2D eigenvalue weighted by atomic mass is 10.2. The van der Waals surface area contributed by atoms with Crippen LogP contribution in [0.2, 0.25) is 5.02 Å². The van der Waals surface area contributed by atoms with Crippen molar-refractivity contribution in [1.82, 2.24) is 0 Å². The zero-order valence-electron chi connectivity index (χ0n) is 9.82. The minimum atomic E-state index is -1.03. The maximum absolute atomic E-state index is 13.5. The highest BCUT2D eigenvalue weighted by atomic mass is 35.5. The van der Waals surface area contributed by atoms with Crippen molar-refractivity contribution in [2.45, 2.75) is 0 Å². The molecule has 2 rings (SSSR count). The first-order valence-corrected chi connectivity index (χ1v) is 5.73.